The van der Waals surface area contributed by atoms with Gasteiger partial charge in [0, 0.05) is 12.1 Å². The molecular weight excluding hydrogens is 287 g/mol. The number of benzene rings is 1. The van der Waals surface area contributed by atoms with E-state index in [1.807, 2.05) is 16.8 Å². The predicted molar refractivity (Wildman–Crippen MR) is 72.7 cm³/mol. The molecule has 1 heterocycles. The first kappa shape index (κ1) is 14.6. The van der Waals surface area contributed by atoms with Crippen molar-refractivity contribution in [1.82, 2.24) is 0 Å². The van der Waals surface area contributed by atoms with Crippen LogP contribution in [0.2, 0.25) is 0 Å². The lowest BCUT2D eigenvalue weighted by Crippen LogP contribution is -2.13. The zero-order valence-corrected chi connectivity index (χ0v) is 11.2. The van der Waals surface area contributed by atoms with Gasteiger partial charge in [0.2, 0.25) is 5.91 Å². The van der Waals surface area contributed by atoms with Crippen LogP contribution in [-0.4, -0.2) is 5.91 Å². The summed E-state index contributed by atoms with van der Waals surface area (Å²) < 4.78 is 37.6. The first-order valence-corrected chi connectivity index (χ1v) is 6.87. The summed E-state index contributed by atoms with van der Waals surface area (Å²) in [6, 6.07) is 6.54. The number of thiophene rings is 1. The van der Waals surface area contributed by atoms with Crippen molar-refractivity contribution in [1.29, 1.82) is 0 Å². The van der Waals surface area contributed by atoms with E-state index in [2.05, 4.69) is 5.32 Å². The molecule has 2 rings (SSSR count). The van der Waals surface area contributed by atoms with Crippen LogP contribution >= 0.6 is 11.3 Å². The number of aryl methyl sites for hydroxylation is 1. The number of carbonyl (C=O) groups excluding carboxylic acids is 1. The minimum atomic E-state index is -4.41. The summed E-state index contributed by atoms with van der Waals surface area (Å²) in [6.45, 7) is 0. The predicted octanol–water partition coefficient (Wildman–Crippen LogP) is 4.34. The first-order chi connectivity index (χ1) is 9.45. The van der Waals surface area contributed by atoms with Crippen LogP contribution in [0.1, 0.15) is 17.5 Å². The van der Waals surface area contributed by atoms with Crippen LogP contribution in [0.3, 0.4) is 0 Å². The Morgan fingerprint density at radius 2 is 2.05 bits per heavy atom. The van der Waals surface area contributed by atoms with Gasteiger partial charge in [-0.05, 0) is 47.0 Å². The second-order valence-corrected chi connectivity index (χ2v) is 5.04. The molecule has 0 atom stereocenters. The summed E-state index contributed by atoms with van der Waals surface area (Å²) in [7, 11) is 0. The summed E-state index contributed by atoms with van der Waals surface area (Å²) in [5, 5.41) is 6.34. The average molecular weight is 299 g/mol. The smallest absolute Gasteiger partial charge is 0.326 e. The van der Waals surface area contributed by atoms with Crippen molar-refractivity contribution in [2.24, 2.45) is 0 Å². The summed E-state index contributed by atoms with van der Waals surface area (Å²) in [6.07, 6.45) is -3.58. The highest BCUT2D eigenvalue weighted by molar-refractivity contribution is 7.07. The Hall–Kier alpha value is -1.82. The van der Waals surface area contributed by atoms with Crippen LogP contribution in [-0.2, 0) is 17.4 Å². The third-order valence-corrected chi connectivity index (χ3v) is 3.43. The molecule has 0 saturated carbocycles. The van der Waals surface area contributed by atoms with E-state index < -0.39 is 11.7 Å². The van der Waals surface area contributed by atoms with Crippen LogP contribution in [0.5, 0.6) is 0 Å². The molecule has 0 aliphatic rings. The molecule has 2 nitrogen and oxygen atoms in total. The van der Waals surface area contributed by atoms with E-state index >= 15 is 0 Å². The largest absolute Gasteiger partial charge is 0.416 e. The maximum Gasteiger partial charge on any atom is 0.416 e. The van der Waals surface area contributed by atoms with Gasteiger partial charge in [0.05, 0.1) is 5.56 Å². The Balaban J connectivity index is 1.94. The topological polar surface area (TPSA) is 29.1 Å². The van der Waals surface area contributed by atoms with Crippen molar-refractivity contribution in [3.8, 4) is 0 Å². The SMILES string of the molecule is O=C(CCc1ccsc1)Nc1cccc(C(F)(F)F)c1. The molecule has 2 aromatic rings. The van der Waals surface area contributed by atoms with Crippen LogP contribution in [0, 0.1) is 0 Å². The van der Waals surface area contributed by atoms with Gasteiger partial charge >= 0.3 is 6.18 Å². The highest BCUT2D eigenvalue weighted by atomic mass is 32.1. The normalized spacial score (nSPS) is 11.3. The van der Waals surface area contributed by atoms with Gasteiger partial charge in [0.25, 0.3) is 0 Å². The first-order valence-electron chi connectivity index (χ1n) is 5.93. The van der Waals surface area contributed by atoms with Gasteiger partial charge in [-0.25, -0.2) is 0 Å². The molecule has 0 aliphatic heterocycles. The highest BCUT2D eigenvalue weighted by Gasteiger charge is 2.30. The molecule has 1 amide bonds. The minimum Gasteiger partial charge on any atom is -0.326 e. The monoisotopic (exact) mass is 299 g/mol. The van der Waals surface area contributed by atoms with Gasteiger partial charge < -0.3 is 5.32 Å². The number of alkyl halides is 3. The molecule has 106 valence electrons. The van der Waals surface area contributed by atoms with E-state index in [0.717, 1.165) is 17.7 Å². The van der Waals surface area contributed by atoms with Gasteiger partial charge in [0.1, 0.15) is 0 Å². The van der Waals surface area contributed by atoms with Crippen LogP contribution in [0.15, 0.2) is 41.1 Å². The second kappa shape index (κ2) is 6.09. The molecule has 0 bridgehead atoms. The van der Waals surface area contributed by atoms with Crippen molar-refractivity contribution in [3.05, 3.63) is 52.2 Å². The van der Waals surface area contributed by atoms with Crippen LogP contribution < -0.4 is 5.32 Å². The highest BCUT2D eigenvalue weighted by Crippen LogP contribution is 2.30. The summed E-state index contributed by atoms with van der Waals surface area (Å²) in [5.41, 5.74) is 0.442. The number of amides is 1. The van der Waals surface area contributed by atoms with E-state index in [4.69, 9.17) is 0 Å². The Morgan fingerprint density at radius 1 is 1.25 bits per heavy atom. The number of carbonyl (C=O) groups is 1. The quantitative estimate of drug-likeness (QED) is 0.894. The van der Waals surface area contributed by atoms with E-state index in [9.17, 15) is 18.0 Å². The lowest BCUT2D eigenvalue weighted by Gasteiger charge is -2.09. The van der Waals surface area contributed by atoms with Gasteiger partial charge in [-0.2, -0.15) is 24.5 Å². The second-order valence-electron chi connectivity index (χ2n) is 4.26. The number of halogens is 3. The van der Waals surface area contributed by atoms with Crippen LogP contribution in [0.25, 0.3) is 0 Å². The van der Waals surface area contributed by atoms with Crippen molar-refractivity contribution < 1.29 is 18.0 Å². The number of hydrogen-bond donors (Lipinski definition) is 1. The number of anilines is 1. The molecule has 0 fully saturated rings. The maximum absolute atomic E-state index is 12.5. The van der Waals surface area contributed by atoms with Crippen molar-refractivity contribution >= 4 is 22.9 Å². The van der Waals surface area contributed by atoms with E-state index in [1.165, 1.54) is 12.1 Å². The molecule has 1 aromatic carbocycles. The molecular formula is C14H12F3NOS. The Morgan fingerprint density at radius 3 is 2.70 bits per heavy atom. The van der Waals surface area contributed by atoms with E-state index in [0.29, 0.717) is 6.42 Å². The molecule has 1 N–H and O–H groups in total. The third-order valence-electron chi connectivity index (χ3n) is 2.69. The lowest BCUT2D eigenvalue weighted by atomic mass is 10.1. The fraction of sp³-hybridized carbons (Fsp3) is 0.214. The standard InChI is InChI=1S/C14H12F3NOS/c15-14(16,17)11-2-1-3-12(8-11)18-13(19)5-4-10-6-7-20-9-10/h1-3,6-9H,4-5H2,(H,18,19). The van der Waals surface area contributed by atoms with E-state index in [-0.39, 0.29) is 18.0 Å². The van der Waals surface area contributed by atoms with Crippen LogP contribution in [0.4, 0.5) is 18.9 Å². The summed E-state index contributed by atoms with van der Waals surface area (Å²) in [5.74, 6) is -0.296. The number of rotatable bonds is 4. The molecule has 0 aliphatic carbocycles. The van der Waals surface area contributed by atoms with Crippen molar-refractivity contribution in [2.75, 3.05) is 5.32 Å². The summed E-state index contributed by atoms with van der Waals surface area (Å²) in [4.78, 5) is 11.7. The lowest BCUT2D eigenvalue weighted by molar-refractivity contribution is -0.137. The van der Waals surface area contributed by atoms with Gasteiger partial charge in [-0.1, -0.05) is 6.07 Å². The Kier molecular flexibility index (Phi) is 4.44. The van der Waals surface area contributed by atoms with Gasteiger partial charge in [-0.3, -0.25) is 4.79 Å². The average Bonchev–Trinajstić information content (AvgIpc) is 2.89. The molecule has 6 heteroatoms. The maximum atomic E-state index is 12.5. The zero-order chi connectivity index (χ0) is 14.6. The Bertz CT molecular complexity index is 578. The molecule has 0 radical (unpaired) electrons. The molecule has 1 aromatic heterocycles. The Labute approximate surface area is 118 Å². The number of hydrogen-bond acceptors (Lipinski definition) is 2. The van der Waals surface area contributed by atoms with Crippen molar-refractivity contribution in [3.63, 3.8) is 0 Å². The van der Waals surface area contributed by atoms with E-state index in [1.54, 1.807) is 11.3 Å². The summed E-state index contributed by atoms with van der Waals surface area (Å²) >= 11 is 1.54. The fourth-order valence-corrected chi connectivity index (χ4v) is 2.39. The zero-order valence-electron chi connectivity index (χ0n) is 10.4. The van der Waals surface area contributed by atoms with Gasteiger partial charge in [0.15, 0.2) is 0 Å². The molecule has 0 spiro atoms. The fourth-order valence-electron chi connectivity index (χ4n) is 1.69. The molecule has 0 unspecified atom stereocenters. The number of nitrogens with one attached hydrogen (secondary N) is 1. The molecule has 20 heavy (non-hydrogen) atoms. The minimum absolute atomic E-state index is 0.162. The molecule has 0 saturated heterocycles. The van der Waals surface area contributed by atoms with Crippen molar-refractivity contribution in [2.45, 2.75) is 19.0 Å². The third kappa shape index (κ3) is 4.09. The van der Waals surface area contributed by atoms with Gasteiger partial charge in [-0.15, -0.1) is 0 Å².